The third-order valence-corrected chi connectivity index (χ3v) is 7.41. The molecule has 1 aromatic heterocycles. The first-order valence-electron chi connectivity index (χ1n) is 8.30. The summed E-state index contributed by atoms with van der Waals surface area (Å²) in [6, 6.07) is 9.20. The van der Waals surface area contributed by atoms with Crippen LogP contribution in [0.3, 0.4) is 0 Å². The molecule has 0 bridgehead atoms. The Kier molecular flexibility index (Phi) is 4.68. The lowest BCUT2D eigenvalue weighted by atomic mass is 10.1. The predicted octanol–water partition coefficient (Wildman–Crippen LogP) is 2.59. The van der Waals surface area contributed by atoms with Gasteiger partial charge in [-0.3, -0.25) is 4.90 Å². The van der Waals surface area contributed by atoms with E-state index >= 15 is 0 Å². The van der Waals surface area contributed by atoms with Crippen molar-refractivity contribution in [2.75, 3.05) is 26.4 Å². The van der Waals surface area contributed by atoms with Crippen LogP contribution in [0.4, 0.5) is 0 Å². The van der Waals surface area contributed by atoms with Gasteiger partial charge >= 0.3 is 0 Å². The van der Waals surface area contributed by atoms with Crippen LogP contribution in [-0.4, -0.2) is 39.7 Å². The summed E-state index contributed by atoms with van der Waals surface area (Å²) in [4.78, 5) is 2.33. The Balaban J connectivity index is 1.56. The van der Waals surface area contributed by atoms with Crippen LogP contribution in [0, 0.1) is 0 Å². The van der Waals surface area contributed by atoms with Crippen molar-refractivity contribution in [1.29, 1.82) is 0 Å². The average Bonchev–Trinajstić information content (AvgIpc) is 3.36. The molecule has 2 aromatic rings. The molecule has 0 radical (unpaired) electrons. The molecule has 1 fully saturated rings. The largest absolute Gasteiger partial charge is 0.454 e. The minimum atomic E-state index is -3.48. The molecular formula is C17H20N2O4S2. The first kappa shape index (κ1) is 16.8. The Morgan fingerprint density at radius 1 is 1.16 bits per heavy atom. The Morgan fingerprint density at radius 2 is 1.96 bits per heavy atom. The van der Waals surface area contributed by atoms with Crippen LogP contribution in [-0.2, 0) is 10.0 Å². The van der Waals surface area contributed by atoms with Crippen LogP contribution < -0.4 is 14.2 Å². The fraction of sp³-hybridized carbons (Fsp3) is 0.412. The molecule has 2 aliphatic rings. The maximum atomic E-state index is 12.5. The highest BCUT2D eigenvalue weighted by molar-refractivity contribution is 7.91. The number of rotatable bonds is 6. The van der Waals surface area contributed by atoms with Gasteiger partial charge in [-0.25, -0.2) is 13.1 Å². The Morgan fingerprint density at radius 3 is 2.72 bits per heavy atom. The van der Waals surface area contributed by atoms with Crippen LogP contribution >= 0.6 is 11.3 Å². The van der Waals surface area contributed by atoms with Crippen molar-refractivity contribution >= 4 is 21.4 Å². The summed E-state index contributed by atoms with van der Waals surface area (Å²) in [5, 5.41) is 1.77. The third-order valence-electron chi connectivity index (χ3n) is 4.59. The first-order chi connectivity index (χ1) is 12.1. The molecule has 3 heterocycles. The topological polar surface area (TPSA) is 67.9 Å². The van der Waals surface area contributed by atoms with Gasteiger partial charge in [0.2, 0.25) is 16.8 Å². The number of sulfonamides is 1. The van der Waals surface area contributed by atoms with Gasteiger partial charge < -0.3 is 9.47 Å². The molecule has 8 heteroatoms. The van der Waals surface area contributed by atoms with Crippen LogP contribution in [0.1, 0.15) is 24.4 Å². The quantitative estimate of drug-likeness (QED) is 0.834. The van der Waals surface area contributed by atoms with Gasteiger partial charge in [0.25, 0.3) is 0 Å². The van der Waals surface area contributed by atoms with Crippen molar-refractivity contribution in [3.8, 4) is 11.5 Å². The van der Waals surface area contributed by atoms with Crippen LogP contribution in [0.2, 0.25) is 0 Å². The van der Waals surface area contributed by atoms with Gasteiger partial charge in [0.1, 0.15) is 4.21 Å². The molecule has 1 atom stereocenters. The lowest BCUT2D eigenvalue weighted by Gasteiger charge is -2.28. The summed E-state index contributed by atoms with van der Waals surface area (Å²) < 4.78 is 38.9. The normalized spacial score (nSPS) is 18.6. The maximum Gasteiger partial charge on any atom is 0.250 e. The third kappa shape index (κ3) is 3.52. The molecule has 134 valence electrons. The average molecular weight is 380 g/mol. The Bertz CT molecular complexity index is 830. The van der Waals surface area contributed by atoms with Crippen molar-refractivity contribution in [2.24, 2.45) is 0 Å². The molecule has 1 aromatic carbocycles. The summed E-state index contributed by atoms with van der Waals surface area (Å²) in [5.41, 5.74) is 1.04. The zero-order chi connectivity index (χ0) is 17.3. The van der Waals surface area contributed by atoms with E-state index in [1.165, 1.54) is 11.3 Å². The lowest BCUT2D eigenvalue weighted by Crippen LogP contribution is -2.36. The molecule has 0 unspecified atom stereocenters. The fourth-order valence-electron chi connectivity index (χ4n) is 3.31. The van der Waals surface area contributed by atoms with Gasteiger partial charge in [-0.1, -0.05) is 12.1 Å². The van der Waals surface area contributed by atoms with E-state index in [9.17, 15) is 8.42 Å². The number of nitrogens with one attached hydrogen (secondary N) is 1. The van der Waals surface area contributed by atoms with Gasteiger partial charge in [0, 0.05) is 12.6 Å². The number of benzene rings is 1. The number of hydrogen-bond donors (Lipinski definition) is 1. The van der Waals surface area contributed by atoms with Crippen molar-refractivity contribution < 1.29 is 17.9 Å². The summed E-state index contributed by atoms with van der Waals surface area (Å²) in [7, 11) is -3.48. The van der Waals surface area contributed by atoms with E-state index in [0.29, 0.717) is 10.8 Å². The molecule has 0 spiro atoms. The number of nitrogens with zero attached hydrogens (tertiary/aromatic N) is 1. The summed E-state index contributed by atoms with van der Waals surface area (Å²) in [6.07, 6.45) is 2.28. The summed E-state index contributed by atoms with van der Waals surface area (Å²) in [5.74, 6) is 1.46. The molecule has 0 saturated carbocycles. The zero-order valence-electron chi connectivity index (χ0n) is 13.7. The molecule has 1 saturated heterocycles. The number of fused-ring (bicyclic) bond motifs is 1. The highest BCUT2D eigenvalue weighted by Gasteiger charge is 2.27. The maximum absolute atomic E-state index is 12.5. The minimum Gasteiger partial charge on any atom is -0.454 e. The van der Waals surface area contributed by atoms with Crippen molar-refractivity contribution in [3.05, 3.63) is 41.3 Å². The smallest absolute Gasteiger partial charge is 0.250 e. The fourth-order valence-corrected chi connectivity index (χ4v) is 5.38. The van der Waals surface area contributed by atoms with Crippen LogP contribution in [0.5, 0.6) is 11.5 Å². The number of ether oxygens (including phenoxy) is 2. The Hall–Kier alpha value is -1.61. The standard InChI is InChI=1S/C17H20N2O4S2/c20-25(21,17-4-3-9-24-17)18-11-14(19-7-1-2-8-19)13-5-6-15-16(10-13)23-12-22-15/h3-6,9-10,14,18H,1-2,7-8,11-12H2/t14-/m0/s1. The van der Waals surface area contributed by atoms with Crippen molar-refractivity contribution in [3.63, 3.8) is 0 Å². The predicted molar refractivity (Wildman–Crippen MR) is 95.6 cm³/mol. The van der Waals surface area contributed by atoms with E-state index < -0.39 is 10.0 Å². The SMILES string of the molecule is O=S(=O)(NC[C@@H](c1ccc2c(c1)OCO2)N1CCCC1)c1cccs1. The summed E-state index contributed by atoms with van der Waals surface area (Å²) >= 11 is 1.23. The first-order valence-corrected chi connectivity index (χ1v) is 10.7. The van der Waals surface area contributed by atoms with E-state index in [4.69, 9.17) is 9.47 Å². The number of hydrogen-bond acceptors (Lipinski definition) is 6. The molecule has 1 N–H and O–H groups in total. The molecule has 4 rings (SSSR count). The molecule has 2 aliphatic heterocycles. The molecule has 0 amide bonds. The van der Waals surface area contributed by atoms with Gasteiger partial charge in [0.15, 0.2) is 11.5 Å². The van der Waals surface area contributed by atoms with E-state index in [-0.39, 0.29) is 12.8 Å². The van der Waals surface area contributed by atoms with E-state index in [1.807, 2.05) is 18.2 Å². The second kappa shape index (κ2) is 6.95. The lowest BCUT2D eigenvalue weighted by molar-refractivity contribution is 0.173. The molecular weight excluding hydrogens is 360 g/mol. The van der Waals surface area contributed by atoms with Gasteiger partial charge in [-0.2, -0.15) is 0 Å². The van der Waals surface area contributed by atoms with E-state index in [1.54, 1.807) is 17.5 Å². The van der Waals surface area contributed by atoms with E-state index in [0.717, 1.165) is 43.0 Å². The highest BCUT2D eigenvalue weighted by atomic mass is 32.2. The van der Waals surface area contributed by atoms with Gasteiger partial charge in [0.05, 0.1) is 0 Å². The second-order valence-corrected chi connectivity index (χ2v) is 9.10. The van der Waals surface area contributed by atoms with Crippen LogP contribution in [0.15, 0.2) is 39.9 Å². The number of thiophene rings is 1. The van der Waals surface area contributed by atoms with Crippen molar-refractivity contribution in [2.45, 2.75) is 23.1 Å². The van der Waals surface area contributed by atoms with Crippen molar-refractivity contribution in [1.82, 2.24) is 9.62 Å². The minimum absolute atomic E-state index is 0.0215. The van der Waals surface area contributed by atoms with Crippen LogP contribution in [0.25, 0.3) is 0 Å². The zero-order valence-corrected chi connectivity index (χ0v) is 15.3. The number of likely N-dealkylation sites (tertiary alicyclic amines) is 1. The van der Waals surface area contributed by atoms with Gasteiger partial charge in [-0.15, -0.1) is 11.3 Å². The molecule has 6 nitrogen and oxygen atoms in total. The second-order valence-electron chi connectivity index (χ2n) is 6.16. The Labute approximate surface area is 151 Å². The highest BCUT2D eigenvalue weighted by Crippen LogP contribution is 2.36. The van der Waals surface area contributed by atoms with Gasteiger partial charge in [-0.05, 0) is 55.1 Å². The van der Waals surface area contributed by atoms with E-state index in [2.05, 4.69) is 9.62 Å². The monoisotopic (exact) mass is 380 g/mol. The summed E-state index contributed by atoms with van der Waals surface area (Å²) in [6.45, 7) is 2.51. The molecule has 25 heavy (non-hydrogen) atoms. The molecule has 0 aliphatic carbocycles.